The first-order valence-corrected chi connectivity index (χ1v) is 6.93. The lowest BCUT2D eigenvalue weighted by molar-refractivity contribution is 0.102. The maximum atomic E-state index is 13.5. The van der Waals surface area contributed by atoms with Crippen LogP contribution in [0.25, 0.3) is 0 Å². The third-order valence-corrected chi connectivity index (χ3v) is 3.19. The second-order valence-electron chi connectivity index (χ2n) is 4.99. The highest BCUT2D eigenvalue weighted by Gasteiger charge is 2.15. The van der Waals surface area contributed by atoms with E-state index in [0.29, 0.717) is 17.5 Å². The minimum atomic E-state index is -0.983. The Morgan fingerprint density at radius 3 is 2.62 bits per heavy atom. The Hall–Kier alpha value is -3.16. The predicted molar refractivity (Wildman–Crippen MR) is 79.9 cm³/mol. The molecule has 8 heteroatoms. The van der Waals surface area contributed by atoms with Crippen molar-refractivity contribution < 1.29 is 18.0 Å². The van der Waals surface area contributed by atoms with Crippen molar-refractivity contribution in [3.8, 4) is 0 Å². The standard InChI is InChI=1S/C16H11F3N4O/c17-10-3-1-2-9(6-10)7-14-20-16(23-22-14)21-15(24)12-5-4-11(18)8-13(12)19/h1-6,8H,7H2,(H2,20,21,22,23,24). The van der Waals surface area contributed by atoms with E-state index in [1.807, 2.05) is 0 Å². The number of carbonyl (C=O) groups is 1. The fourth-order valence-electron chi connectivity index (χ4n) is 2.11. The number of halogens is 3. The van der Waals surface area contributed by atoms with E-state index in [0.717, 1.165) is 12.1 Å². The van der Waals surface area contributed by atoms with Gasteiger partial charge in [-0.05, 0) is 29.8 Å². The summed E-state index contributed by atoms with van der Waals surface area (Å²) >= 11 is 0. The van der Waals surface area contributed by atoms with E-state index < -0.39 is 17.5 Å². The Kier molecular flexibility index (Phi) is 4.28. The van der Waals surface area contributed by atoms with Crippen molar-refractivity contribution >= 4 is 11.9 Å². The van der Waals surface area contributed by atoms with E-state index in [-0.39, 0.29) is 23.7 Å². The van der Waals surface area contributed by atoms with Gasteiger partial charge in [-0.25, -0.2) is 13.2 Å². The molecule has 0 spiro atoms. The second-order valence-corrected chi connectivity index (χ2v) is 4.99. The summed E-state index contributed by atoms with van der Waals surface area (Å²) in [5.74, 6) is -2.59. The first-order chi connectivity index (χ1) is 11.5. The number of hydrogen-bond donors (Lipinski definition) is 2. The molecule has 1 amide bonds. The smallest absolute Gasteiger partial charge is 0.261 e. The van der Waals surface area contributed by atoms with Gasteiger partial charge in [0, 0.05) is 12.5 Å². The second kappa shape index (κ2) is 6.53. The Morgan fingerprint density at radius 1 is 1.08 bits per heavy atom. The molecule has 0 saturated heterocycles. The minimum absolute atomic E-state index is 0.0601. The molecule has 5 nitrogen and oxygen atoms in total. The summed E-state index contributed by atoms with van der Waals surface area (Å²) in [5, 5.41) is 8.70. The van der Waals surface area contributed by atoms with Crippen LogP contribution in [-0.4, -0.2) is 21.1 Å². The first kappa shape index (κ1) is 15.7. The molecule has 0 aliphatic rings. The van der Waals surface area contributed by atoms with E-state index in [1.165, 1.54) is 12.1 Å². The van der Waals surface area contributed by atoms with Crippen LogP contribution >= 0.6 is 0 Å². The van der Waals surface area contributed by atoms with Gasteiger partial charge in [-0.3, -0.25) is 15.2 Å². The Labute approximate surface area is 134 Å². The lowest BCUT2D eigenvalue weighted by atomic mass is 10.1. The van der Waals surface area contributed by atoms with Crippen LogP contribution in [0.5, 0.6) is 0 Å². The van der Waals surface area contributed by atoms with Crippen LogP contribution in [0.3, 0.4) is 0 Å². The molecule has 0 bridgehead atoms. The average molecular weight is 332 g/mol. The number of anilines is 1. The summed E-state index contributed by atoms with van der Waals surface area (Å²) < 4.78 is 39.5. The summed E-state index contributed by atoms with van der Waals surface area (Å²) in [4.78, 5) is 16.0. The van der Waals surface area contributed by atoms with Crippen LogP contribution in [0.1, 0.15) is 21.7 Å². The number of hydrogen-bond acceptors (Lipinski definition) is 3. The number of nitrogens with one attached hydrogen (secondary N) is 2. The molecule has 0 atom stereocenters. The first-order valence-electron chi connectivity index (χ1n) is 6.93. The fraction of sp³-hybridized carbons (Fsp3) is 0.0625. The van der Waals surface area contributed by atoms with Crippen LogP contribution in [0.15, 0.2) is 42.5 Å². The molecule has 0 radical (unpaired) electrons. The molecule has 2 N–H and O–H groups in total. The van der Waals surface area contributed by atoms with Gasteiger partial charge in [0.15, 0.2) is 0 Å². The largest absolute Gasteiger partial charge is 0.289 e. The van der Waals surface area contributed by atoms with Crippen molar-refractivity contribution in [1.82, 2.24) is 15.2 Å². The monoisotopic (exact) mass is 332 g/mol. The van der Waals surface area contributed by atoms with Gasteiger partial charge in [-0.2, -0.15) is 4.98 Å². The molecule has 3 rings (SSSR count). The normalized spacial score (nSPS) is 10.6. The van der Waals surface area contributed by atoms with Crippen LogP contribution in [0.2, 0.25) is 0 Å². The van der Waals surface area contributed by atoms with Crippen LogP contribution in [0.4, 0.5) is 19.1 Å². The maximum Gasteiger partial charge on any atom is 0.261 e. The summed E-state index contributed by atoms with van der Waals surface area (Å²) in [5.41, 5.74) is 0.349. The molecular weight excluding hydrogens is 321 g/mol. The SMILES string of the molecule is O=C(Nc1n[nH]c(Cc2cccc(F)c2)n1)c1ccc(F)cc1F. The van der Waals surface area contributed by atoms with Gasteiger partial charge in [-0.15, -0.1) is 5.10 Å². The number of nitrogens with zero attached hydrogens (tertiary/aromatic N) is 2. The van der Waals surface area contributed by atoms with Crippen LogP contribution in [0, 0.1) is 17.5 Å². The molecular formula is C16H11F3N4O. The van der Waals surface area contributed by atoms with Gasteiger partial charge in [0.1, 0.15) is 23.3 Å². The molecule has 0 aliphatic heterocycles. The number of rotatable bonds is 4. The third-order valence-electron chi connectivity index (χ3n) is 3.19. The summed E-state index contributed by atoms with van der Waals surface area (Å²) in [7, 11) is 0. The number of amides is 1. The number of aromatic amines is 1. The van der Waals surface area contributed by atoms with Crippen molar-refractivity contribution in [2.45, 2.75) is 6.42 Å². The highest BCUT2D eigenvalue weighted by atomic mass is 19.1. The van der Waals surface area contributed by atoms with Gasteiger partial charge >= 0.3 is 0 Å². The fourth-order valence-corrected chi connectivity index (χ4v) is 2.11. The van der Waals surface area contributed by atoms with Gasteiger partial charge in [-0.1, -0.05) is 12.1 Å². The van der Waals surface area contributed by atoms with Crippen LogP contribution < -0.4 is 5.32 Å². The topological polar surface area (TPSA) is 70.7 Å². The van der Waals surface area contributed by atoms with E-state index >= 15 is 0 Å². The molecule has 0 unspecified atom stereocenters. The zero-order chi connectivity index (χ0) is 17.1. The van der Waals surface area contributed by atoms with Crippen molar-refractivity contribution in [3.05, 3.63) is 76.9 Å². The van der Waals surface area contributed by atoms with Crippen molar-refractivity contribution in [1.29, 1.82) is 0 Å². The van der Waals surface area contributed by atoms with Gasteiger partial charge in [0.25, 0.3) is 5.91 Å². The summed E-state index contributed by atoms with van der Waals surface area (Å²) in [6.07, 6.45) is 0.283. The number of H-pyrrole nitrogens is 1. The highest BCUT2D eigenvalue weighted by Crippen LogP contribution is 2.12. The molecule has 0 fully saturated rings. The molecule has 3 aromatic rings. The van der Waals surface area contributed by atoms with Gasteiger partial charge in [0.05, 0.1) is 5.56 Å². The van der Waals surface area contributed by atoms with Gasteiger partial charge in [0.2, 0.25) is 5.95 Å². The van der Waals surface area contributed by atoms with E-state index in [9.17, 15) is 18.0 Å². The molecule has 24 heavy (non-hydrogen) atoms. The predicted octanol–water partition coefficient (Wildman–Crippen LogP) is 3.07. The Balaban J connectivity index is 1.70. The number of benzene rings is 2. The Bertz CT molecular complexity index is 895. The zero-order valence-electron chi connectivity index (χ0n) is 12.2. The third kappa shape index (κ3) is 3.60. The molecule has 0 saturated carbocycles. The lowest BCUT2D eigenvalue weighted by Crippen LogP contribution is -2.15. The lowest BCUT2D eigenvalue weighted by Gasteiger charge is -2.02. The Morgan fingerprint density at radius 2 is 1.88 bits per heavy atom. The average Bonchev–Trinajstić information content (AvgIpc) is 2.94. The van der Waals surface area contributed by atoms with Crippen molar-refractivity contribution in [3.63, 3.8) is 0 Å². The summed E-state index contributed by atoms with van der Waals surface area (Å²) in [6.45, 7) is 0. The number of carbonyl (C=O) groups excluding carboxylic acids is 1. The molecule has 0 aliphatic carbocycles. The van der Waals surface area contributed by atoms with E-state index in [4.69, 9.17) is 0 Å². The molecule has 1 heterocycles. The van der Waals surface area contributed by atoms with E-state index in [2.05, 4.69) is 20.5 Å². The molecule has 1 aromatic heterocycles. The van der Waals surface area contributed by atoms with E-state index in [1.54, 1.807) is 12.1 Å². The number of aromatic nitrogens is 3. The quantitative estimate of drug-likeness (QED) is 0.771. The van der Waals surface area contributed by atoms with Crippen molar-refractivity contribution in [2.24, 2.45) is 0 Å². The highest BCUT2D eigenvalue weighted by molar-refractivity contribution is 6.03. The maximum absolute atomic E-state index is 13.5. The van der Waals surface area contributed by atoms with Crippen molar-refractivity contribution in [2.75, 3.05) is 5.32 Å². The summed E-state index contributed by atoms with van der Waals surface area (Å²) in [6, 6.07) is 8.59. The van der Waals surface area contributed by atoms with Gasteiger partial charge < -0.3 is 0 Å². The minimum Gasteiger partial charge on any atom is -0.289 e. The van der Waals surface area contributed by atoms with Crippen LogP contribution in [-0.2, 0) is 6.42 Å². The molecule has 2 aromatic carbocycles. The zero-order valence-corrected chi connectivity index (χ0v) is 12.2. The molecule has 122 valence electrons.